The summed E-state index contributed by atoms with van der Waals surface area (Å²) in [6.45, 7) is 0.486. The molecule has 0 atom stereocenters. The molecule has 0 unspecified atom stereocenters. The quantitative estimate of drug-likeness (QED) is 0.846. The highest BCUT2D eigenvalue weighted by Gasteiger charge is 2.50. The van der Waals surface area contributed by atoms with E-state index in [1.807, 2.05) is 12.1 Å². The Labute approximate surface area is 135 Å². The molecule has 124 valence electrons. The van der Waals surface area contributed by atoms with E-state index in [1.54, 1.807) is 19.2 Å². The first-order valence-corrected chi connectivity index (χ1v) is 8.06. The van der Waals surface area contributed by atoms with Gasteiger partial charge in [-0.15, -0.1) is 0 Å². The number of imide groups is 1. The molecule has 1 spiro atoms. The van der Waals surface area contributed by atoms with Crippen LogP contribution in [-0.4, -0.2) is 42.6 Å². The van der Waals surface area contributed by atoms with Gasteiger partial charge in [-0.05, 0) is 25.0 Å². The second-order valence-corrected chi connectivity index (χ2v) is 6.03. The highest BCUT2D eigenvalue weighted by atomic mass is 16.5. The molecule has 1 heterocycles. The second kappa shape index (κ2) is 6.48. The lowest BCUT2D eigenvalue weighted by molar-refractivity contribution is -0.132. The van der Waals surface area contributed by atoms with E-state index in [2.05, 4.69) is 5.32 Å². The van der Waals surface area contributed by atoms with Gasteiger partial charge >= 0.3 is 6.03 Å². The van der Waals surface area contributed by atoms with Crippen LogP contribution < -0.4 is 14.8 Å². The summed E-state index contributed by atoms with van der Waals surface area (Å²) in [5, 5.41) is 2.90. The van der Waals surface area contributed by atoms with Gasteiger partial charge in [-0.2, -0.15) is 0 Å². The van der Waals surface area contributed by atoms with E-state index < -0.39 is 5.54 Å². The van der Waals surface area contributed by atoms with Crippen molar-refractivity contribution < 1.29 is 19.1 Å². The molecule has 0 bridgehead atoms. The largest absolute Gasteiger partial charge is 0.493 e. The van der Waals surface area contributed by atoms with Crippen molar-refractivity contribution in [3.63, 3.8) is 0 Å². The number of amides is 3. The molecule has 1 saturated heterocycles. The summed E-state index contributed by atoms with van der Waals surface area (Å²) >= 11 is 0. The van der Waals surface area contributed by atoms with E-state index in [4.69, 9.17) is 9.47 Å². The van der Waals surface area contributed by atoms with Crippen molar-refractivity contribution in [3.05, 3.63) is 24.3 Å². The maximum absolute atomic E-state index is 12.6. The molecule has 1 saturated carbocycles. The number of benzene rings is 1. The summed E-state index contributed by atoms with van der Waals surface area (Å²) < 4.78 is 10.9. The first-order valence-electron chi connectivity index (χ1n) is 8.06. The van der Waals surface area contributed by atoms with Gasteiger partial charge in [0.15, 0.2) is 11.5 Å². The van der Waals surface area contributed by atoms with E-state index in [-0.39, 0.29) is 25.1 Å². The van der Waals surface area contributed by atoms with E-state index >= 15 is 0 Å². The van der Waals surface area contributed by atoms with E-state index in [0.29, 0.717) is 11.5 Å². The van der Waals surface area contributed by atoms with Crippen LogP contribution in [0.4, 0.5) is 4.79 Å². The average Bonchev–Trinajstić information content (AvgIpc) is 2.80. The summed E-state index contributed by atoms with van der Waals surface area (Å²) in [5.41, 5.74) is -0.667. The zero-order valence-corrected chi connectivity index (χ0v) is 13.3. The van der Waals surface area contributed by atoms with E-state index in [0.717, 1.165) is 32.1 Å². The number of urea groups is 1. The molecule has 6 heteroatoms. The van der Waals surface area contributed by atoms with Crippen molar-refractivity contribution in [3.8, 4) is 11.5 Å². The Kier molecular flexibility index (Phi) is 4.41. The summed E-state index contributed by atoms with van der Waals surface area (Å²) in [7, 11) is 1.58. The van der Waals surface area contributed by atoms with Crippen LogP contribution >= 0.6 is 0 Å². The van der Waals surface area contributed by atoms with Gasteiger partial charge in [-0.3, -0.25) is 9.69 Å². The van der Waals surface area contributed by atoms with Crippen LogP contribution in [0, 0.1) is 0 Å². The minimum atomic E-state index is -0.667. The van der Waals surface area contributed by atoms with Crippen molar-refractivity contribution in [2.24, 2.45) is 0 Å². The Morgan fingerprint density at radius 1 is 1.13 bits per heavy atom. The van der Waals surface area contributed by atoms with Crippen molar-refractivity contribution in [2.75, 3.05) is 20.3 Å². The van der Waals surface area contributed by atoms with Crippen molar-refractivity contribution in [2.45, 2.75) is 37.6 Å². The lowest BCUT2D eigenvalue weighted by atomic mass is 9.82. The fourth-order valence-electron chi connectivity index (χ4n) is 3.36. The monoisotopic (exact) mass is 318 g/mol. The van der Waals surface area contributed by atoms with Gasteiger partial charge in [0.2, 0.25) is 0 Å². The molecule has 0 radical (unpaired) electrons. The molecule has 2 aliphatic rings. The zero-order chi connectivity index (χ0) is 16.3. The summed E-state index contributed by atoms with van der Waals surface area (Å²) in [6, 6.07) is 7.01. The third-order valence-corrected chi connectivity index (χ3v) is 4.59. The van der Waals surface area contributed by atoms with Gasteiger partial charge in [-0.1, -0.05) is 31.4 Å². The minimum absolute atomic E-state index is 0.106. The van der Waals surface area contributed by atoms with Crippen LogP contribution in [0.15, 0.2) is 24.3 Å². The van der Waals surface area contributed by atoms with Gasteiger partial charge < -0.3 is 14.8 Å². The lowest BCUT2D eigenvalue weighted by Crippen LogP contribution is -2.48. The first kappa shape index (κ1) is 15.6. The van der Waals surface area contributed by atoms with Crippen LogP contribution in [0.5, 0.6) is 11.5 Å². The first-order chi connectivity index (χ1) is 11.2. The number of hydrogen-bond donors (Lipinski definition) is 1. The number of methoxy groups -OCH3 is 1. The van der Waals surface area contributed by atoms with Crippen LogP contribution in [-0.2, 0) is 4.79 Å². The molecular weight excluding hydrogens is 296 g/mol. The molecule has 3 rings (SSSR count). The van der Waals surface area contributed by atoms with Crippen molar-refractivity contribution in [1.29, 1.82) is 0 Å². The summed E-state index contributed by atoms with van der Waals surface area (Å²) in [4.78, 5) is 26.0. The maximum atomic E-state index is 12.6. The second-order valence-electron chi connectivity index (χ2n) is 6.03. The van der Waals surface area contributed by atoms with Gasteiger partial charge in [-0.25, -0.2) is 4.79 Å². The number of hydrogen-bond acceptors (Lipinski definition) is 4. The standard InChI is InChI=1S/C17H22N2O4/c1-22-13-7-3-4-8-14(13)23-12-11-19-15(20)17(18-16(19)21)9-5-2-6-10-17/h3-4,7-8H,2,5-6,9-12H2,1H3,(H,18,21). The Balaban J connectivity index is 1.60. The lowest BCUT2D eigenvalue weighted by Gasteiger charge is -2.30. The third kappa shape index (κ3) is 2.98. The van der Waals surface area contributed by atoms with Crippen LogP contribution in [0.3, 0.4) is 0 Å². The summed E-state index contributed by atoms with van der Waals surface area (Å²) in [6.07, 6.45) is 4.57. The van der Waals surface area contributed by atoms with Gasteiger partial charge in [0.1, 0.15) is 12.1 Å². The molecule has 3 amide bonds. The van der Waals surface area contributed by atoms with Crippen LogP contribution in [0.1, 0.15) is 32.1 Å². The zero-order valence-electron chi connectivity index (χ0n) is 13.3. The molecule has 1 aliphatic heterocycles. The average molecular weight is 318 g/mol. The fraction of sp³-hybridized carbons (Fsp3) is 0.529. The van der Waals surface area contributed by atoms with E-state index in [1.165, 1.54) is 4.90 Å². The Morgan fingerprint density at radius 3 is 2.52 bits per heavy atom. The highest BCUT2D eigenvalue weighted by Crippen LogP contribution is 2.33. The van der Waals surface area contributed by atoms with E-state index in [9.17, 15) is 9.59 Å². The molecule has 2 fully saturated rings. The summed E-state index contributed by atoms with van der Waals surface area (Å²) in [5.74, 6) is 1.13. The number of carbonyl (C=O) groups is 2. The molecular formula is C17H22N2O4. The third-order valence-electron chi connectivity index (χ3n) is 4.59. The normalized spacial score (nSPS) is 19.8. The predicted molar refractivity (Wildman–Crippen MR) is 84.5 cm³/mol. The van der Waals surface area contributed by atoms with Crippen molar-refractivity contribution >= 4 is 11.9 Å². The predicted octanol–water partition coefficient (Wildman–Crippen LogP) is 2.33. The van der Waals surface area contributed by atoms with Crippen molar-refractivity contribution in [1.82, 2.24) is 10.2 Å². The van der Waals surface area contributed by atoms with Gasteiger partial charge in [0.05, 0.1) is 13.7 Å². The molecule has 6 nitrogen and oxygen atoms in total. The molecule has 1 aromatic rings. The van der Waals surface area contributed by atoms with Crippen LogP contribution in [0.25, 0.3) is 0 Å². The van der Waals surface area contributed by atoms with Gasteiger partial charge in [0.25, 0.3) is 5.91 Å². The Hall–Kier alpha value is -2.24. The molecule has 1 aliphatic carbocycles. The molecule has 0 aromatic heterocycles. The number of para-hydroxylation sites is 2. The SMILES string of the molecule is COc1ccccc1OCCN1C(=O)NC2(CCCCC2)C1=O. The number of ether oxygens (including phenoxy) is 2. The topological polar surface area (TPSA) is 67.9 Å². The Bertz CT molecular complexity index is 596. The molecule has 23 heavy (non-hydrogen) atoms. The Morgan fingerprint density at radius 2 is 1.83 bits per heavy atom. The fourth-order valence-corrected chi connectivity index (χ4v) is 3.36. The number of rotatable bonds is 5. The molecule has 1 N–H and O–H groups in total. The number of nitrogens with zero attached hydrogens (tertiary/aromatic N) is 1. The smallest absolute Gasteiger partial charge is 0.325 e. The number of carbonyl (C=O) groups excluding carboxylic acids is 2. The minimum Gasteiger partial charge on any atom is -0.493 e. The maximum Gasteiger partial charge on any atom is 0.325 e. The number of nitrogens with one attached hydrogen (secondary N) is 1. The highest BCUT2D eigenvalue weighted by molar-refractivity contribution is 6.07. The van der Waals surface area contributed by atoms with Crippen LogP contribution in [0.2, 0.25) is 0 Å². The molecule has 1 aromatic carbocycles. The van der Waals surface area contributed by atoms with Gasteiger partial charge in [0, 0.05) is 0 Å².